The highest BCUT2D eigenvalue weighted by molar-refractivity contribution is 5.86. The third-order valence-corrected chi connectivity index (χ3v) is 4.91. The highest BCUT2D eigenvalue weighted by atomic mass is 16.5. The first-order valence-corrected chi connectivity index (χ1v) is 8.98. The molecule has 0 saturated carbocycles. The van der Waals surface area contributed by atoms with Crippen LogP contribution in [0.1, 0.15) is 0 Å². The van der Waals surface area contributed by atoms with Crippen LogP contribution in [-0.2, 0) is 0 Å². The smallest absolute Gasteiger partial charge is 0.257 e. The van der Waals surface area contributed by atoms with Crippen LogP contribution in [0.4, 0.5) is 0 Å². The molecule has 0 radical (unpaired) electrons. The van der Waals surface area contributed by atoms with Crippen molar-refractivity contribution in [3.8, 4) is 22.8 Å². The number of aromatic nitrogens is 3. The molecule has 0 unspecified atom stereocenters. The topological polar surface area (TPSA) is 59.9 Å². The van der Waals surface area contributed by atoms with Crippen LogP contribution in [-0.4, -0.2) is 21.6 Å². The number of methoxy groups -OCH3 is 1. The number of nitrogens with one attached hydrogen (secondary N) is 1. The van der Waals surface area contributed by atoms with Gasteiger partial charge in [0.25, 0.3) is 5.56 Å². The van der Waals surface area contributed by atoms with Gasteiger partial charge in [-0.15, -0.1) is 0 Å². The Morgan fingerprint density at radius 2 is 1.68 bits per heavy atom. The maximum absolute atomic E-state index is 12.6. The molecule has 2 heterocycles. The first kappa shape index (κ1) is 16.3. The zero-order valence-electron chi connectivity index (χ0n) is 15.2. The van der Waals surface area contributed by atoms with Crippen LogP contribution in [0.15, 0.2) is 83.7 Å². The number of rotatable bonds is 3. The lowest BCUT2D eigenvalue weighted by Gasteiger charge is -2.09. The van der Waals surface area contributed by atoms with Gasteiger partial charge in [-0.05, 0) is 59.0 Å². The van der Waals surface area contributed by atoms with E-state index in [1.807, 2.05) is 66.7 Å². The number of pyridine rings is 1. The summed E-state index contributed by atoms with van der Waals surface area (Å²) >= 11 is 0. The Balaban J connectivity index is 1.67. The van der Waals surface area contributed by atoms with Gasteiger partial charge in [0.15, 0.2) is 0 Å². The van der Waals surface area contributed by atoms with Crippen molar-refractivity contribution in [2.45, 2.75) is 0 Å². The minimum Gasteiger partial charge on any atom is -0.497 e. The van der Waals surface area contributed by atoms with E-state index in [-0.39, 0.29) is 5.56 Å². The fourth-order valence-electron chi connectivity index (χ4n) is 3.47. The van der Waals surface area contributed by atoms with Crippen molar-refractivity contribution in [2.75, 3.05) is 7.11 Å². The van der Waals surface area contributed by atoms with E-state index in [9.17, 15) is 4.79 Å². The van der Waals surface area contributed by atoms with Crippen LogP contribution in [0.25, 0.3) is 39.0 Å². The average Bonchev–Trinajstić information content (AvgIpc) is 3.17. The number of hydrogen-bond acceptors (Lipinski definition) is 3. The molecule has 2 aromatic heterocycles. The number of imidazole rings is 1. The quantitative estimate of drug-likeness (QED) is 0.509. The molecule has 0 aliphatic heterocycles. The zero-order chi connectivity index (χ0) is 19.1. The lowest BCUT2D eigenvalue weighted by atomic mass is 10.0. The van der Waals surface area contributed by atoms with E-state index < -0.39 is 0 Å². The van der Waals surface area contributed by atoms with Crippen molar-refractivity contribution in [1.82, 2.24) is 14.5 Å². The van der Waals surface area contributed by atoms with E-state index in [0.717, 1.165) is 38.8 Å². The van der Waals surface area contributed by atoms with Crippen molar-refractivity contribution in [3.05, 3.63) is 89.2 Å². The summed E-state index contributed by atoms with van der Waals surface area (Å²) in [6.45, 7) is 0. The third-order valence-electron chi connectivity index (χ3n) is 4.91. The molecule has 5 aromatic rings. The Morgan fingerprint density at radius 1 is 0.893 bits per heavy atom. The summed E-state index contributed by atoms with van der Waals surface area (Å²) in [5.74, 6) is 1.34. The third kappa shape index (κ3) is 2.65. The van der Waals surface area contributed by atoms with Crippen LogP contribution in [0.5, 0.6) is 5.75 Å². The summed E-state index contributed by atoms with van der Waals surface area (Å²) in [5.41, 5.74) is 4.58. The van der Waals surface area contributed by atoms with Gasteiger partial charge in [0.2, 0.25) is 5.95 Å². The maximum atomic E-state index is 12.6. The molecule has 0 aliphatic carbocycles. The molecule has 5 rings (SSSR count). The fraction of sp³-hybridized carbons (Fsp3) is 0.0435. The Hall–Kier alpha value is -3.86. The Labute approximate surface area is 160 Å². The van der Waals surface area contributed by atoms with E-state index >= 15 is 0 Å². The Bertz CT molecular complexity index is 1330. The predicted molar refractivity (Wildman–Crippen MR) is 111 cm³/mol. The van der Waals surface area contributed by atoms with Crippen LogP contribution < -0.4 is 10.3 Å². The van der Waals surface area contributed by atoms with E-state index in [4.69, 9.17) is 4.74 Å². The van der Waals surface area contributed by atoms with Crippen LogP contribution in [0.2, 0.25) is 0 Å². The van der Waals surface area contributed by atoms with Gasteiger partial charge < -0.3 is 9.72 Å². The molecule has 0 spiro atoms. The summed E-state index contributed by atoms with van der Waals surface area (Å²) < 4.78 is 6.85. The molecule has 136 valence electrons. The van der Waals surface area contributed by atoms with Gasteiger partial charge >= 0.3 is 0 Å². The second kappa shape index (κ2) is 6.39. The Morgan fingerprint density at radius 3 is 2.46 bits per heavy atom. The highest BCUT2D eigenvalue weighted by Gasteiger charge is 2.11. The van der Waals surface area contributed by atoms with Gasteiger partial charge in [-0.25, -0.2) is 9.55 Å². The largest absolute Gasteiger partial charge is 0.497 e. The minimum atomic E-state index is -0.122. The molecule has 1 N–H and O–H groups in total. The van der Waals surface area contributed by atoms with Crippen molar-refractivity contribution in [3.63, 3.8) is 0 Å². The summed E-state index contributed by atoms with van der Waals surface area (Å²) in [6, 6.07) is 25.2. The highest BCUT2D eigenvalue weighted by Crippen LogP contribution is 2.26. The monoisotopic (exact) mass is 367 g/mol. The van der Waals surface area contributed by atoms with Crippen molar-refractivity contribution >= 4 is 21.9 Å². The summed E-state index contributed by atoms with van der Waals surface area (Å²) in [6.07, 6.45) is 0. The number of benzene rings is 3. The van der Waals surface area contributed by atoms with Gasteiger partial charge in [0.05, 0.1) is 23.7 Å². The predicted octanol–water partition coefficient (Wildman–Crippen LogP) is 4.54. The van der Waals surface area contributed by atoms with E-state index in [1.54, 1.807) is 17.7 Å². The van der Waals surface area contributed by atoms with Gasteiger partial charge in [0, 0.05) is 6.07 Å². The molecule has 3 aromatic carbocycles. The molecule has 0 saturated heterocycles. The number of ether oxygens (including phenoxy) is 1. The van der Waals surface area contributed by atoms with Crippen molar-refractivity contribution < 1.29 is 4.74 Å². The first-order chi connectivity index (χ1) is 13.7. The van der Waals surface area contributed by atoms with Crippen LogP contribution >= 0.6 is 0 Å². The number of fused-ring (bicyclic) bond motifs is 2. The van der Waals surface area contributed by atoms with Gasteiger partial charge in [-0.1, -0.05) is 30.3 Å². The number of para-hydroxylation sites is 2. The molecule has 0 aliphatic rings. The molecule has 0 atom stereocenters. The lowest BCUT2D eigenvalue weighted by molar-refractivity contribution is 0.415. The zero-order valence-corrected chi connectivity index (χ0v) is 15.2. The maximum Gasteiger partial charge on any atom is 0.257 e. The second-order valence-corrected chi connectivity index (χ2v) is 6.59. The normalized spacial score (nSPS) is 11.2. The molecular formula is C23H17N3O2. The molecule has 5 nitrogen and oxygen atoms in total. The SMILES string of the molecule is COc1ccc(-c2ccc3c(ccc(=O)n3-c3nc4ccccc4[nH]3)c2)cc1. The number of aromatic amines is 1. The van der Waals surface area contributed by atoms with Gasteiger partial charge in [0.1, 0.15) is 5.75 Å². The van der Waals surface area contributed by atoms with Crippen molar-refractivity contribution in [1.29, 1.82) is 0 Å². The van der Waals surface area contributed by atoms with Crippen LogP contribution in [0.3, 0.4) is 0 Å². The number of nitrogens with zero attached hydrogens (tertiary/aromatic N) is 2. The molecule has 28 heavy (non-hydrogen) atoms. The average molecular weight is 367 g/mol. The fourth-order valence-corrected chi connectivity index (χ4v) is 3.47. The molecule has 0 amide bonds. The van der Waals surface area contributed by atoms with Crippen LogP contribution in [0, 0.1) is 0 Å². The van der Waals surface area contributed by atoms with E-state index in [0.29, 0.717) is 5.95 Å². The number of H-pyrrole nitrogens is 1. The molecule has 5 heteroatoms. The lowest BCUT2D eigenvalue weighted by Crippen LogP contribution is -2.18. The van der Waals surface area contributed by atoms with Gasteiger partial charge in [-0.3, -0.25) is 4.79 Å². The second-order valence-electron chi connectivity index (χ2n) is 6.59. The van der Waals surface area contributed by atoms with Crippen molar-refractivity contribution in [2.24, 2.45) is 0 Å². The Kier molecular flexibility index (Phi) is 3.72. The molecule has 0 bridgehead atoms. The van der Waals surface area contributed by atoms with Gasteiger partial charge in [-0.2, -0.15) is 0 Å². The minimum absolute atomic E-state index is 0.122. The summed E-state index contributed by atoms with van der Waals surface area (Å²) in [4.78, 5) is 20.5. The van der Waals surface area contributed by atoms with E-state index in [2.05, 4.69) is 16.0 Å². The number of hydrogen-bond donors (Lipinski definition) is 1. The standard InChI is InChI=1S/C23H17N3O2/c1-28-18-10-6-15(7-11-18)16-8-12-21-17(14-16)9-13-22(27)26(21)23-24-19-4-2-3-5-20(19)25-23/h2-14H,1H3,(H,24,25). The summed E-state index contributed by atoms with van der Waals surface area (Å²) in [7, 11) is 1.66. The van der Waals surface area contributed by atoms with E-state index in [1.165, 1.54) is 0 Å². The first-order valence-electron chi connectivity index (χ1n) is 8.98. The molecule has 0 fully saturated rings. The summed E-state index contributed by atoms with van der Waals surface area (Å²) in [5, 5.41) is 0.966. The molecular weight excluding hydrogens is 350 g/mol.